The third-order valence-corrected chi connectivity index (χ3v) is 6.13. The molecule has 0 radical (unpaired) electrons. The Bertz CT molecular complexity index is 1290. The van der Waals surface area contributed by atoms with Crippen LogP contribution in [0.25, 0.3) is 16.6 Å². The Labute approximate surface area is 187 Å². The lowest BCUT2D eigenvalue weighted by atomic mass is 9.88. The summed E-state index contributed by atoms with van der Waals surface area (Å²) in [5, 5.41) is 4.30. The van der Waals surface area contributed by atoms with Crippen LogP contribution >= 0.6 is 0 Å². The molecule has 1 aliphatic rings. The number of benzene rings is 3. The molecule has 32 heavy (non-hydrogen) atoms. The molecule has 3 aromatic carbocycles. The Balaban J connectivity index is 1.53. The minimum atomic E-state index is -0.0550. The van der Waals surface area contributed by atoms with E-state index in [1.807, 2.05) is 55.5 Å². The van der Waals surface area contributed by atoms with Gasteiger partial charge in [-0.1, -0.05) is 36.4 Å². The maximum atomic E-state index is 13.5. The van der Waals surface area contributed by atoms with Crippen molar-refractivity contribution in [3.05, 3.63) is 100 Å². The van der Waals surface area contributed by atoms with E-state index >= 15 is 0 Å². The van der Waals surface area contributed by atoms with E-state index in [1.54, 1.807) is 4.57 Å². The number of nitrogens with zero attached hydrogens (tertiary/aromatic N) is 2. The molecule has 5 rings (SSSR count). The van der Waals surface area contributed by atoms with Crippen LogP contribution in [0, 0.1) is 0 Å². The van der Waals surface area contributed by atoms with E-state index in [4.69, 9.17) is 9.72 Å². The van der Waals surface area contributed by atoms with E-state index in [9.17, 15) is 4.79 Å². The van der Waals surface area contributed by atoms with Crippen molar-refractivity contribution in [2.45, 2.75) is 38.8 Å². The van der Waals surface area contributed by atoms with E-state index in [0.29, 0.717) is 24.4 Å². The van der Waals surface area contributed by atoms with Crippen molar-refractivity contribution in [2.24, 2.45) is 0 Å². The summed E-state index contributed by atoms with van der Waals surface area (Å²) in [5.41, 5.74) is 4.22. The molecule has 162 valence electrons. The highest BCUT2D eigenvalue weighted by Gasteiger charge is 2.20. The monoisotopic (exact) mass is 425 g/mol. The Morgan fingerprint density at radius 3 is 2.66 bits per heavy atom. The predicted octanol–water partition coefficient (Wildman–Crippen LogP) is 4.95. The van der Waals surface area contributed by atoms with Crippen molar-refractivity contribution in [2.75, 3.05) is 6.61 Å². The topological polar surface area (TPSA) is 56.1 Å². The Hall–Kier alpha value is -3.44. The normalized spacial score (nSPS) is 15.5. The van der Waals surface area contributed by atoms with E-state index in [1.165, 1.54) is 11.1 Å². The second-order valence-corrected chi connectivity index (χ2v) is 8.14. The molecule has 0 saturated heterocycles. The molecule has 0 bridgehead atoms. The molecular formula is C27H27N3O2. The van der Waals surface area contributed by atoms with Gasteiger partial charge in [-0.05, 0) is 73.7 Å². The number of aryl methyl sites for hydroxylation is 1. The predicted molar refractivity (Wildman–Crippen MR) is 127 cm³/mol. The number of fused-ring (bicyclic) bond motifs is 2. The molecule has 1 atom stereocenters. The van der Waals surface area contributed by atoms with Crippen molar-refractivity contribution in [3.8, 4) is 11.4 Å². The molecule has 1 N–H and O–H groups in total. The average Bonchev–Trinajstić information content (AvgIpc) is 2.84. The van der Waals surface area contributed by atoms with Crippen molar-refractivity contribution in [1.82, 2.24) is 14.9 Å². The van der Waals surface area contributed by atoms with Crippen LogP contribution in [0.3, 0.4) is 0 Å². The standard InChI is InChI=1S/C27H27N3O2/c1-2-32-21-16-14-20(15-17-21)30-26(29-25-12-6-5-11-23(25)27(30)31)18-28-24-13-7-9-19-8-3-4-10-22(19)24/h3-6,8,10-12,14-17,24,28H,2,7,9,13,18H2,1H3/t24-/m0/s1. The van der Waals surface area contributed by atoms with Gasteiger partial charge in [0, 0.05) is 6.04 Å². The first-order valence-corrected chi connectivity index (χ1v) is 11.3. The Morgan fingerprint density at radius 1 is 1.03 bits per heavy atom. The first-order chi connectivity index (χ1) is 15.7. The van der Waals surface area contributed by atoms with Gasteiger partial charge in [0.15, 0.2) is 0 Å². The highest BCUT2D eigenvalue weighted by Crippen LogP contribution is 2.29. The van der Waals surface area contributed by atoms with Gasteiger partial charge in [0.1, 0.15) is 11.6 Å². The van der Waals surface area contributed by atoms with Crippen molar-refractivity contribution < 1.29 is 4.74 Å². The molecular weight excluding hydrogens is 398 g/mol. The van der Waals surface area contributed by atoms with Gasteiger partial charge in [-0.25, -0.2) is 4.98 Å². The summed E-state index contributed by atoms with van der Waals surface area (Å²) in [4.78, 5) is 18.4. The number of hydrogen-bond donors (Lipinski definition) is 1. The third-order valence-electron chi connectivity index (χ3n) is 6.13. The molecule has 0 spiro atoms. The van der Waals surface area contributed by atoms with Gasteiger partial charge < -0.3 is 10.1 Å². The van der Waals surface area contributed by atoms with E-state index < -0.39 is 0 Å². The van der Waals surface area contributed by atoms with Gasteiger partial charge in [0.05, 0.1) is 29.7 Å². The zero-order chi connectivity index (χ0) is 21.9. The molecule has 0 fully saturated rings. The lowest BCUT2D eigenvalue weighted by Crippen LogP contribution is -2.30. The van der Waals surface area contributed by atoms with Crippen LogP contribution < -0.4 is 15.6 Å². The molecule has 1 aromatic heterocycles. The van der Waals surface area contributed by atoms with E-state index in [0.717, 1.165) is 36.2 Å². The molecule has 0 unspecified atom stereocenters. The van der Waals surface area contributed by atoms with Gasteiger partial charge in [0.2, 0.25) is 0 Å². The van der Waals surface area contributed by atoms with Crippen LogP contribution in [0.2, 0.25) is 0 Å². The van der Waals surface area contributed by atoms with Crippen LogP contribution in [-0.2, 0) is 13.0 Å². The third kappa shape index (κ3) is 3.92. The van der Waals surface area contributed by atoms with Gasteiger partial charge >= 0.3 is 0 Å². The molecule has 0 amide bonds. The second kappa shape index (κ2) is 8.97. The smallest absolute Gasteiger partial charge is 0.266 e. The minimum absolute atomic E-state index is 0.0550. The average molecular weight is 426 g/mol. The molecule has 0 aliphatic heterocycles. The van der Waals surface area contributed by atoms with E-state index in [-0.39, 0.29) is 11.6 Å². The van der Waals surface area contributed by atoms with Gasteiger partial charge in [-0.2, -0.15) is 0 Å². The van der Waals surface area contributed by atoms with Crippen LogP contribution in [0.5, 0.6) is 5.75 Å². The fraction of sp³-hybridized carbons (Fsp3) is 0.259. The number of ether oxygens (including phenoxy) is 1. The van der Waals surface area contributed by atoms with Gasteiger partial charge in [0.25, 0.3) is 5.56 Å². The van der Waals surface area contributed by atoms with Gasteiger partial charge in [-0.15, -0.1) is 0 Å². The first kappa shape index (κ1) is 20.5. The van der Waals surface area contributed by atoms with Crippen molar-refractivity contribution in [1.29, 1.82) is 0 Å². The highest BCUT2D eigenvalue weighted by molar-refractivity contribution is 5.77. The number of rotatable bonds is 6. The SMILES string of the molecule is CCOc1ccc(-n2c(CN[C@H]3CCCc4ccccc43)nc3ccccc3c2=O)cc1. The second-order valence-electron chi connectivity index (χ2n) is 8.14. The largest absolute Gasteiger partial charge is 0.494 e. The summed E-state index contributed by atoms with van der Waals surface area (Å²) in [6.07, 6.45) is 3.36. The summed E-state index contributed by atoms with van der Waals surface area (Å²) in [6.45, 7) is 3.07. The Morgan fingerprint density at radius 2 is 1.81 bits per heavy atom. The maximum Gasteiger partial charge on any atom is 0.266 e. The molecule has 4 aromatic rings. The Kier molecular flexibility index (Phi) is 5.73. The van der Waals surface area contributed by atoms with E-state index in [2.05, 4.69) is 29.6 Å². The fourth-order valence-corrected chi connectivity index (χ4v) is 4.60. The summed E-state index contributed by atoms with van der Waals surface area (Å²) >= 11 is 0. The molecule has 1 heterocycles. The lowest BCUT2D eigenvalue weighted by Gasteiger charge is -2.27. The molecule has 5 nitrogen and oxygen atoms in total. The summed E-state index contributed by atoms with van der Waals surface area (Å²) in [5.74, 6) is 1.50. The zero-order valence-electron chi connectivity index (χ0n) is 18.3. The summed E-state index contributed by atoms with van der Waals surface area (Å²) in [7, 11) is 0. The minimum Gasteiger partial charge on any atom is -0.494 e. The van der Waals surface area contributed by atoms with Gasteiger partial charge in [-0.3, -0.25) is 9.36 Å². The maximum absolute atomic E-state index is 13.5. The summed E-state index contributed by atoms with van der Waals surface area (Å²) in [6, 6.07) is 24.1. The van der Waals surface area contributed by atoms with Crippen LogP contribution in [0.1, 0.15) is 42.8 Å². The number of nitrogens with one attached hydrogen (secondary N) is 1. The lowest BCUT2D eigenvalue weighted by molar-refractivity contribution is 0.340. The van der Waals surface area contributed by atoms with Crippen molar-refractivity contribution >= 4 is 10.9 Å². The van der Waals surface area contributed by atoms with Crippen molar-refractivity contribution in [3.63, 3.8) is 0 Å². The number of hydrogen-bond acceptors (Lipinski definition) is 4. The first-order valence-electron chi connectivity index (χ1n) is 11.3. The quantitative estimate of drug-likeness (QED) is 0.475. The van der Waals surface area contributed by atoms with Crippen LogP contribution in [0.4, 0.5) is 0 Å². The molecule has 0 saturated carbocycles. The number of para-hydroxylation sites is 1. The number of aromatic nitrogens is 2. The van der Waals surface area contributed by atoms with Crippen LogP contribution in [0.15, 0.2) is 77.6 Å². The summed E-state index contributed by atoms with van der Waals surface area (Å²) < 4.78 is 7.29. The zero-order valence-corrected chi connectivity index (χ0v) is 18.3. The highest BCUT2D eigenvalue weighted by atomic mass is 16.5. The molecule has 5 heteroatoms. The fourth-order valence-electron chi connectivity index (χ4n) is 4.60. The van der Waals surface area contributed by atoms with Crippen LogP contribution in [-0.4, -0.2) is 16.2 Å². The molecule has 1 aliphatic carbocycles.